The maximum absolute atomic E-state index is 12.5. The molecule has 0 spiro atoms. The highest BCUT2D eigenvalue weighted by atomic mass is 35.5. The molecule has 0 aliphatic carbocycles. The summed E-state index contributed by atoms with van der Waals surface area (Å²) in [5.74, 6) is 0.335. The largest absolute Gasteiger partial charge is 0.307 e. The molecular formula is C16H12Cl2N4O3S. The Morgan fingerprint density at radius 3 is 2.54 bits per heavy atom. The number of aromatic nitrogens is 3. The van der Waals surface area contributed by atoms with Crippen molar-refractivity contribution in [3.05, 3.63) is 68.8 Å². The van der Waals surface area contributed by atoms with Gasteiger partial charge in [0.2, 0.25) is 0 Å². The van der Waals surface area contributed by atoms with E-state index < -0.39 is 10.0 Å². The highest BCUT2D eigenvalue weighted by Crippen LogP contribution is 2.25. The van der Waals surface area contributed by atoms with Crippen LogP contribution in [0.3, 0.4) is 0 Å². The normalized spacial score (nSPS) is 11.3. The number of halogens is 2. The summed E-state index contributed by atoms with van der Waals surface area (Å²) in [7, 11) is -3.97. The van der Waals surface area contributed by atoms with Crippen molar-refractivity contribution in [2.45, 2.75) is 11.8 Å². The average Bonchev–Trinajstić information content (AvgIpc) is 2.53. The van der Waals surface area contributed by atoms with Crippen LogP contribution in [-0.4, -0.2) is 23.4 Å². The Morgan fingerprint density at radius 1 is 1.08 bits per heavy atom. The van der Waals surface area contributed by atoms with Crippen molar-refractivity contribution in [3.8, 4) is 11.4 Å². The zero-order chi connectivity index (χ0) is 18.9. The lowest BCUT2D eigenvalue weighted by Gasteiger charge is -2.10. The smallest absolute Gasteiger partial charge is 0.264 e. The van der Waals surface area contributed by atoms with Crippen LogP contribution in [0.1, 0.15) is 5.69 Å². The molecule has 0 saturated carbocycles. The van der Waals surface area contributed by atoms with Gasteiger partial charge < -0.3 is 4.98 Å². The standard InChI is InChI=1S/C16H12Cl2N4O3S/c1-9-7-14(23)21-16(19-9)10-3-2-4-11(8-10)22-26(24,25)12-5-6-13(17)20-15(12)18/h2-8,22H,1H3,(H,19,21,23). The second-order valence-electron chi connectivity index (χ2n) is 5.34. The molecule has 2 N–H and O–H groups in total. The van der Waals surface area contributed by atoms with Crippen molar-refractivity contribution in [3.63, 3.8) is 0 Å². The van der Waals surface area contributed by atoms with Gasteiger partial charge in [0.15, 0.2) is 5.15 Å². The summed E-state index contributed by atoms with van der Waals surface area (Å²) in [6.45, 7) is 1.70. The molecule has 2 aromatic heterocycles. The molecule has 26 heavy (non-hydrogen) atoms. The van der Waals surface area contributed by atoms with E-state index in [1.54, 1.807) is 31.2 Å². The Hall–Kier alpha value is -2.42. The molecule has 0 fully saturated rings. The highest BCUT2D eigenvalue weighted by Gasteiger charge is 2.19. The fraction of sp³-hybridized carbons (Fsp3) is 0.0625. The van der Waals surface area contributed by atoms with Crippen molar-refractivity contribution in [2.24, 2.45) is 0 Å². The van der Waals surface area contributed by atoms with Gasteiger partial charge in [-0.05, 0) is 31.2 Å². The third kappa shape index (κ3) is 4.04. The molecule has 0 bridgehead atoms. The maximum Gasteiger partial charge on any atom is 0.264 e. The first-order chi connectivity index (χ1) is 12.2. The van der Waals surface area contributed by atoms with Gasteiger partial charge in [-0.1, -0.05) is 35.3 Å². The minimum atomic E-state index is -3.97. The first kappa shape index (κ1) is 18.4. The highest BCUT2D eigenvalue weighted by molar-refractivity contribution is 7.92. The van der Waals surface area contributed by atoms with Crippen molar-refractivity contribution in [2.75, 3.05) is 4.72 Å². The first-order valence-electron chi connectivity index (χ1n) is 7.28. The Labute approximate surface area is 159 Å². The lowest BCUT2D eigenvalue weighted by atomic mass is 10.2. The van der Waals surface area contributed by atoms with Crippen LogP contribution >= 0.6 is 23.2 Å². The molecule has 1 aromatic carbocycles. The first-order valence-corrected chi connectivity index (χ1v) is 9.52. The van der Waals surface area contributed by atoms with Crippen LogP contribution in [0.2, 0.25) is 10.3 Å². The number of anilines is 1. The number of hydrogen-bond donors (Lipinski definition) is 2. The van der Waals surface area contributed by atoms with E-state index in [-0.39, 0.29) is 26.4 Å². The van der Waals surface area contributed by atoms with E-state index in [2.05, 4.69) is 19.7 Å². The molecule has 0 aliphatic rings. The Balaban J connectivity index is 1.97. The van der Waals surface area contributed by atoms with E-state index in [1.807, 2.05) is 0 Å². The van der Waals surface area contributed by atoms with Crippen LogP contribution in [-0.2, 0) is 10.0 Å². The van der Waals surface area contributed by atoms with Crippen LogP contribution in [0.5, 0.6) is 0 Å². The number of aryl methyl sites for hydroxylation is 1. The summed E-state index contributed by atoms with van der Waals surface area (Å²) in [4.78, 5) is 22.0. The second kappa shape index (κ2) is 7.06. The van der Waals surface area contributed by atoms with Crippen LogP contribution in [0.4, 0.5) is 5.69 Å². The van der Waals surface area contributed by atoms with Gasteiger partial charge >= 0.3 is 0 Å². The predicted molar refractivity (Wildman–Crippen MR) is 100 cm³/mol. The van der Waals surface area contributed by atoms with Gasteiger partial charge in [-0.25, -0.2) is 18.4 Å². The van der Waals surface area contributed by atoms with Gasteiger partial charge in [-0.15, -0.1) is 0 Å². The molecule has 7 nitrogen and oxygen atoms in total. The Morgan fingerprint density at radius 2 is 1.85 bits per heavy atom. The summed E-state index contributed by atoms with van der Waals surface area (Å²) in [5, 5.41) is -0.142. The molecule has 3 rings (SSSR count). The van der Waals surface area contributed by atoms with Crippen LogP contribution in [0, 0.1) is 6.92 Å². The van der Waals surface area contributed by atoms with E-state index in [0.29, 0.717) is 17.1 Å². The number of benzene rings is 1. The summed E-state index contributed by atoms with van der Waals surface area (Å²) < 4.78 is 27.5. The molecule has 0 aliphatic heterocycles. The zero-order valence-electron chi connectivity index (χ0n) is 13.3. The monoisotopic (exact) mass is 410 g/mol. The topological polar surface area (TPSA) is 105 Å². The summed E-state index contributed by atoms with van der Waals surface area (Å²) >= 11 is 11.6. The van der Waals surface area contributed by atoms with E-state index >= 15 is 0 Å². The number of pyridine rings is 1. The SMILES string of the molecule is Cc1cc(=O)[nH]c(-c2cccc(NS(=O)(=O)c3ccc(Cl)nc3Cl)c2)n1. The number of aromatic amines is 1. The molecule has 0 radical (unpaired) electrons. The molecular weight excluding hydrogens is 399 g/mol. The summed E-state index contributed by atoms with van der Waals surface area (Å²) in [5.41, 5.74) is 1.08. The van der Waals surface area contributed by atoms with Crippen LogP contribution < -0.4 is 10.3 Å². The molecule has 10 heteroatoms. The molecule has 0 atom stereocenters. The predicted octanol–water partition coefficient (Wildman–Crippen LogP) is 3.25. The van der Waals surface area contributed by atoms with Crippen LogP contribution in [0.25, 0.3) is 11.4 Å². The number of sulfonamides is 1. The fourth-order valence-corrected chi connectivity index (χ4v) is 3.97. The van der Waals surface area contributed by atoms with Gasteiger partial charge in [-0.3, -0.25) is 9.52 Å². The van der Waals surface area contributed by atoms with E-state index in [9.17, 15) is 13.2 Å². The fourth-order valence-electron chi connectivity index (χ4n) is 2.26. The van der Waals surface area contributed by atoms with Gasteiger partial charge in [0.05, 0.1) is 0 Å². The minimum Gasteiger partial charge on any atom is -0.307 e. The quantitative estimate of drug-likeness (QED) is 0.642. The lowest BCUT2D eigenvalue weighted by molar-refractivity contribution is 0.601. The lowest BCUT2D eigenvalue weighted by Crippen LogP contribution is -2.14. The third-order valence-electron chi connectivity index (χ3n) is 3.33. The number of H-pyrrole nitrogens is 1. The zero-order valence-corrected chi connectivity index (χ0v) is 15.7. The molecule has 0 unspecified atom stereocenters. The average molecular weight is 411 g/mol. The molecule has 134 valence electrons. The maximum atomic E-state index is 12.5. The number of nitrogens with one attached hydrogen (secondary N) is 2. The summed E-state index contributed by atoms with van der Waals surface area (Å²) in [6, 6.07) is 10.4. The number of nitrogens with zero attached hydrogens (tertiary/aromatic N) is 2. The molecule has 2 heterocycles. The van der Waals surface area contributed by atoms with Gasteiger partial charge in [0.25, 0.3) is 15.6 Å². The number of hydrogen-bond acceptors (Lipinski definition) is 5. The minimum absolute atomic E-state index is 0.0884. The third-order valence-corrected chi connectivity index (χ3v) is 5.35. The van der Waals surface area contributed by atoms with Crippen molar-refractivity contribution in [1.29, 1.82) is 0 Å². The van der Waals surface area contributed by atoms with E-state index in [0.717, 1.165) is 0 Å². The van der Waals surface area contributed by atoms with Crippen LogP contribution in [0.15, 0.2) is 52.2 Å². The van der Waals surface area contributed by atoms with E-state index in [1.165, 1.54) is 18.2 Å². The second-order valence-corrected chi connectivity index (χ2v) is 7.74. The van der Waals surface area contributed by atoms with E-state index in [4.69, 9.17) is 23.2 Å². The molecule has 0 saturated heterocycles. The van der Waals surface area contributed by atoms with Gasteiger partial charge in [0, 0.05) is 23.0 Å². The summed E-state index contributed by atoms with van der Waals surface area (Å²) in [6.07, 6.45) is 0. The van der Waals surface area contributed by atoms with Crippen molar-refractivity contribution in [1.82, 2.24) is 15.0 Å². The molecule has 3 aromatic rings. The Kier molecular flexibility index (Phi) is 4.99. The van der Waals surface area contributed by atoms with Gasteiger partial charge in [-0.2, -0.15) is 0 Å². The van der Waals surface area contributed by atoms with Crippen molar-refractivity contribution >= 4 is 38.9 Å². The molecule has 0 amide bonds. The van der Waals surface area contributed by atoms with Gasteiger partial charge in [0.1, 0.15) is 15.9 Å². The Bertz CT molecular complexity index is 1150. The number of rotatable bonds is 4. The van der Waals surface area contributed by atoms with Crippen molar-refractivity contribution < 1.29 is 8.42 Å².